The number of hydrogen-bond acceptors (Lipinski definition) is 4. The van der Waals surface area contributed by atoms with Crippen molar-refractivity contribution in [3.63, 3.8) is 0 Å². The van der Waals surface area contributed by atoms with E-state index in [-0.39, 0.29) is 0 Å². The number of benzene rings is 1. The Hall–Kier alpha value is -1.23. The highest BCUT2D eigenvalue weighted by molar-refractivity contribution is 7.99. The quantitative estimate of drug-likeness (QED) is 0.682. The molecule has 0 atom stereocenters. The molecule has 24 heavy (non-hydrogen) atoms. The number of nitrogens with one attached hydrogen (secondary N) is 1. The average molecular weight is 360 g/mol. The fourth-order valence-corrected chi connectivity index (χ4v) is 4.29. The molecule has 1 saturated carbocycles. The van der Waals surface area contributed by atoms with Gasteiger partial charge in [0.15, 0.2) is 0 Å². The third-order valence-electron chi connectivity index (χ3n) is 4.51. The monoisotopic (exact) mass is 359 g/mol. The molecule has 0 unspecified atom stereocenters. The van der Waals surface area contributed by atoms with Crippen molar-refractivity contribution >= 4 is 34.9 Å². The molecule has 1 aromatic heterocycles. The van der Waals surface area contributed by atoms with E-state index in [2.05, 4.69) is 33.4 Å². The summed E-state index contributed by atoms with van der Waals surface area (Å²) in [6, 6.07) is 11.1. The number of hydrogen-bond donors (Lipinski definition) is 1. The van der Waals surface area contributed by atoms with Crippen molar-refractivity contribution in [2.45, 2.75) is 47.9 Å². The van der Waals surface area contributed by atoms with Gasteiger partial charge in [0.25, 0.3) is 0 Å². The van der Waals surface area contributed by atoms with Crippen molar-refractivity contribution in [2.75, 3.05) is 18.0 Å². The molecule has 4 rings (SSSR count). The molecule has 1 fully saturated rings. The summed E-state index contributed by atoms with van der Waals surface area (Å²) in [7, 11) is 0. The summed E-state index contributed by atoms with van der Waals surface area (Å²) in [6.45, 7) is 2.14. The summed E-state index contributed by atoms with van der Waals surface area (Å²) in [5, 5.41) is 4.37. The van der Waals surface area contributed by atoms with E-state index in [0.717, 1.165) is 30.0 Å². The second-order valence-electron chi connectivity index (χ2n) is 6.48. The van der Waals surface area contributed by atoms with Gasteiger partial charge in [-0.3, -0.25) is 0 Å². The fourth-order valence-electron chi connectivity index (χ4n) is 3.08. The number of pyridine rings is 1. The summed E-state index contributed by atoms with van der Waals surface area (Å²) in [4.78, 5) is 9.44. The summed E-state index contributed by atoms with van der Waals surface area (Å²) >= 11 is 8.02. The molecule has 0 spiro atoms. The Balaban J connectivity index is 1.43. The van der Waals surface area contributed by atoms with Crippen molar-refractivity contribution in [3.8, 4) is 0 Å². The molecule has 2 aromatic rings. The average Bonchev–Trinajstić information content (AvgIpc) is 3.41. The van der Waals surface area contributed by atoms with Crippen molar-refractivity contribution in [1.29, 1.82) is 0 Å². The number of nitrogens with zero attached hydrogens (tertiary/aromatic N) is 2. The van der Waals surface area contributed by atoms with Crippen LogP contribution in [0.15, 0.2) is 46.3 Å². The molecule has 1 aliphatic carbocycles. The number of fused-ring (bicyclic) bond motifs is 2. The van der Waals surface area contributed by atoms with Gasteiger partial charge in [0.1, 0.15) is 5.82 Å². The first-order valence-electron chi connectivity index (χ1n) is 8.74. The lowest BCUT2D eigenvalue weighted by Crippen LogP contribution is -2.23. The molecule has 126 valence electrons. The molecule has 1 N–H and O–H groups in total. The smallest absolute Gasteiger partial charge is 0.147 e. The highest BCUT2D eigenvalue weighted by Crippen LogP contribution is 2.47. The zero-order valence-electron chi connectivity index (χ0n) is 13.7. The van der Waals surface area contributed by atoms with E-state index in [1.807, 2.05) is 18.3 Å². The van der Waals surface area contributed by atoms with E-state index in [9.17, 15) is 0 Å². The van der Waals surface area contributed by atoms with Crippen LogP contribution in [0.3, 0.4) is 0 Å². The number of rotatable bonds is 7. The van der Waals surface area contributed by atoms with E-state index in [1.165, 1.54) is 47.6 Å². The van der Waals surface area contributed by atoms with Gasteiger partial charge in [0.2, 0.25) is 0 Å². The number of halogens is 1. The van der Waals surface area contributed by atoms with E-state index >= 15 is 0 Å². The Bertz CT molecular complexity index is 718. The molecule has 3 nitrogen and oxygen atoms in total. The SMILES string of the molecule is Clc1ccc2c(c1)N(CCCCCNC1CC1)c1ncccc1S2. The lowest BCUT2D eigenvalue weighted by Gasteiger charge is -2.31. The van der Waals surface area contributed by atoms with Gasteiger partial charge in [0, 0.05) is 28.7 Å². The summed E-state index contributed by atoms with van der Waals surface area (Å²) < 4.78 is 0. The van der Waals surface area contributed by atoms with E-state index in [4.69, 9.17) is 11.6 Å². The third kappa shape index (κ3) is 3.71. The van der Waals surface area contributed by atoms with Crippen LogP contribution in [-0.4, -0.2) is 24.1 Å². The van der Waals surface area contributed by atoms with Crippen LogP contribution in [0.5, 0.6) is 0 Å². The van der Waals surface area contributed by atoms with Gasteiger partial charge < -0.3 is 10.2 Å². The second-order valence-corrected chi connectivity index (χ2v) is 8.00. The summed E-state index contributed by atoms with van der Waals surface area (Å²) in [5.41, 5.74) is 1.19. The van der Waals surface area contributed by atoms with Gasteiger partial charge in [-0.1, -0.05) is 29.8 Å². The predicted molar refractivity (Wildman–Crippen MR) is 102 cm³/mol. The van der Waals surface area contributed by atoms with Crippen LogP contribution in [0, 0.1) is 0 Å². The molecule has 2 aliphatic rings. The molecule has 0 bridgehead atoms. The zero-order valence-corrected chi connectivity index (χ0v) is 15.2. The van der Waals surface area contributed by atoms with Gasteiger partial charge in [-0.15, -0.1) is 0 Å². The Morgan fingerprint density at radius 3 is 2.96 bits per heavy atom. The second kappa shape index (κ2) is 7.34. The van der Waals surface area contributed by atoms with Crippen molar-refractivity contribution in [2.24, 2.45) is 0 Å². The van der Waals surface area contributed by atoms with Crippen LogP contribution in [0.25, 0.3) is 0 Å². The minimum Gasteiger partial charge on any atom is -0.324 e. The molecule has 0 saturated heterocycles. The minimum absolute atomic E-state index is 0.785. The highest BCUT2D eigenvalue weighted by atomic mass is 35.5. The Kier molecular flexibility index (Phi) is 4.97. The van der Waals surface area contributed by atoms with Crippen LogP contribution < -0.4 is 10.2 Å². The lowest BCUT2D eigenvalue weighted by atomic mass is 10.2. The molecule has 0 amide bonds. The predicted octanol–water partition coefficient (Wildman–Crippen LogP) is 5.26. The minimum atomic E-state index is 0.785. The fraction of sp³-hybridized carbons (Fsp3) is 0.421. The molecule has 5 heteroatoms. The number of unbranched alkanes of at least 4 members (excludes halogenated alkanes) is 2. The Morgan fingerprint density at radius 1 is 1.17 bits per heavy atom. The standard InChI is InChI=1S/C19H22ClN3S/c20-14-6-9-17-16(13-14)23(19-18(24-17)5-4-11-22-19)12-3-1-2-10-21-15-7-8-15/h4-6,9,11,13,15,21H,1-3,7-8,10,12H2. The number of anilines is 2. The van der Waals surface area contributed by atoms with Gasteiger partial charge in [-0.25, -0.2) is 4.98 Å². The van der Waals surface area contributed by atoms with Gasteiger partial charge in [-0.05, 0) is 62.6 Å². The Morgan fingerprint density at radius 2 is 2.08 bits per heavy atom. The largest absolute Gasteiger partial charge is 0.324 e. The van der Waals surface area contributed by atoms with Crippen molar-refractivity contribution in [3.05, 3.63) is 41.6 Å². The maximum atomic E-state index is 6.24. The van der Waals surface area contributed by atoms with Crippen LogP contribution in [-0.2, 0) is 0 Å². The molecule has 1 aromatic carbocycles. The lowest BCUT2D eigenvalue weighted by molar-refractivity contribution is 0.600. The van der Waals surface area contributed by atoms with Gasteiger partial charge >= 0.3 is 0 Å². The first-order valence-corrected chi connectivity index (χ1v) is 9.94. The van der Waals surface area contributed by atoms with E-state index in [0.29, 0.717) is 0 Å². The summed E-state index contributed by atoms with van der Waals surface area (Å²) in [6.07, 6.45) is 8.26. The summed E-state index contributed by atoms with van der Waals surface area (Å²) in [5.74, 6) is 1.06. The van der Waals surface area contributed by atoms with E-state index in [1.54, 1.807) is 11.8 Å². The first kappa shape index (κ1) is 16.2. The molecule has 2 heterocycles. The van der Waals surface area contributed by atoms with Crippen LogP contribution >= 0.6 is 23.4 Å². The normalized spacial score (nSPS) is 16.0. The zero-order chi connectivity index (χ0) is 16.4. The highest BCUT2D eigenvalue weighted by Gasteiger charge is 2.24. The third-order valence-corrected chi connectivity index (χ3v) is 5.85. The van der Waals surface area contributed by atoms with Gasteiger partial charge in [-0.2, -0.15) is 0 Å². The van der Waals surface area contributed by atoms with Crippen molar-refractivity contribution < 1.29 is 0 Å². The van der Waals surface area contributed by atoms with Crippen LogP contribution in [0.1, 0.15) is 32.1 Å². The topological polar surface area (TPSA) is 28.2 Å². The number of aromatic nitrogens is 1. The first-order chi connectivity index (χ1) is 11.8. The van der Waals surface area contributed by atoms with E-state index < -0.39 is 0 Å². The van der Waals surface area contributed by atoms with Gasteiger partial charge in [0.05, 0.1) is 10.6 Å². The maximum Gasteiger partial charge on any atom is 0.147 e. The van der Waals surface area contributed by atoms with Crippen LogP contribution in [0.4, 0.5) is 11.5 Å². The molecule has 1 aliphatic heterocycles. The molecular weight excluding hydrogens is 338 g/mol. The van der Waals surface area contributed by atoms with Crippen molar-refractivity contribution in [1.82, 2.24) is 10.3 Å². The van der Waals surface area contributed by atoms with Crippen LogP contribution in [0.2, 0.25) is 5.02 Å². The Labute approximate surface area is 152 Å². The molecular formula is C19H22ClN3S. The maximum absolute atomic E-state index is 6.24. The molecule has 0 radical (unpaired) electrons.